The molecule has 0 saturated carbocycles. The van der Waals surface area contributed by atoms with Crippen LogP contribution in [0.4, 0.5) is 37.8 Å². The maximum atomic E-state index is 14.4. The Labute approximate surface area is 212 Å². The van der Waals surface area contributed by atoms with Crippen LogP contribution in [0.2, 0.25) is 0 Å². The van der Waals surface area contributed by atoms with Crippen molar-refractivity contribution in [3.63, 3.8) is 0 Å². The Kier molecular flexibility index (Phi) is 6.37. The number of imidazole rings is 1. The number of hydrogen-bond donors (Lipinski definition) is 2. The van der Waals surface area contributed by atoms with Gasteiger partial charge < -0.3 is 20.9 Å². The predicted octanol–water partition coefficient (Wildman–Crippen LogP) is 4.00. The smallest absolute Gasteiger partial charge is 0.382 e. The van der Waals surface area contributed by atoms with Gasteiger partial charge in [-0.25, -0.2) is 28.1 Å². The number of nitrogens with zero attached hydrogens (tertiary/aromatic N) is 6. The van der Waals surface area contributed by atoms with Crippen LogP contribution in [0.25, 0.3) is 22.4 Å². The molecule has 3 aromatic heterocycles. The number of rotatable bonds is 5. The first-order valence-corrected chi connectivity index (χ1v) is 11.6. The fourth-order valence-electron chi connectivity index (χ4n) is 4.76. The van der Waals surface area contributed by atoms with Crippen LogP contribution in [0.3, 0.4) is 0 Å². The lowest BCUT2D eigenvalue weighted by atomic mass is 9.84. The van der Waals surface area contributed by atoms with Gasteiger partial charge in [-0.3, -0.25) is 4.98 Å². The van der Waals surface area contributed by atoms with Gasteiger partial charge in [0.15, 0.2) is 23.1 Å². The Balaban J connectivity index is 1.58. The molecule has 1 aromatic carbocycles. The molecule has 0 spiro atoms. The first kappa shape index (κ1) is 25.7. The van der Waals surface area contributed by atoms with Crippen LogP contribution in [0.15, 0.2) is 43.1 Å². The molecule has 1 fully saturated rings. The second kappa shape index (κ2) is 9.42. The van der Waals surface area contributed by atoms with Crippen molar-refractivity contribution in [2.24, 2.45) is 5.73 Å². The minimum absolute atomic E-state index is 0.105. The summed E-state index contributed by atoms with van der Waals surface area (Å²) in [5, 5.41) is 0. The standard InChI is InChI=1S/C24H22F6N8/c25-15-3-2-13(6-16(15)26)17-7-14(9-38-12-36-19-20(31)34-11-35-21(19)38)18(8-33-17)37-5-1-4-23(32,10-37)22(27)24(28,29)30/h2-3,6-8,11-12,22H,1,4-5,9-10,32H2,(H2,31,34,35). The van der Waals surface area contributed by atoms with E-state index in [2.05, 4.69) is 19.9 Å². The topological polar surface area (TPSA) is 112 Å². The monoisotopic (exact) mass is 536 g/mol. The summed E-state index contributed by atoms with van der Waals surface area (Å²) in [5.41, 5.74) is 12.0. The molecule has 5 rings (SSSR count). The Hall–Kier alpha value is -3.94. The van der Waals surface area contributed by atoms with Crippen LogP contribution < -0.4 is 16.4 Å². The summed E-state index contributed by atoms with van der Waals surface area (Å²) in [6.07, 6.45) is -4.11. The van der Waals surface area contributed by atoms with E-state index in [1.807, 2.05) is 0 Å². The number of pyridine rings is 1. The van der Waals surface area contributed by atoms with Gasteiger partial charge in [-0.2, -0.15) is 13.2 Å². The zero-order valence-corrected chi connectivity index (χ0v) is 19.8. The number of benzene rings is 1. The molecule has 0 bridgehead atoms. The molecule has 0 aliphatic carbocycles. The molecule has 0 radical (unpaired) electrons. The quantitative estimate of drug-likeness (QED) is 0.371. The van der Waals surface area contributed by atoms with Gasteiger partial charge in [-0.05, 0) is 42.7 Å². The molecule has 2 unspecified atom stereocenters. The molecule has 14 heteroatoms. The maximum Gasteiger partial charge on any atom is 0.421 e. The summed E-state index contributed by atoms with van der Waals surface area (Å²) >= 11 is 0. The third kappa shape index (κ3) is 4.71. The zero-order valence-electron chi connectivity index (χ0n) is 19.8. The van der Waals surface area contributed by atoms with Gasteiger partial charge in [-0.1, -0.05) is 0 Å². The van der Waals surface area contributed by atoms with Crippen LogP contribution >= 0.6 is 0 Å². The summed E-state index contributed by atoms with van der Waals surface area (Å²) in [6.45, 7) is 0.00305. The third-order valence-corrected chi connectivity index (χ3v) is 6.64. The molecule has 1 saturated heterocycles. The summed E-state index contributed by atoms with van der Waals surface area (Å²) in [4.78, 5) is 18.2. The number of nitrogen functional groups attached to an aromatic ring is 1. The van der Waals surface area contributed by atoms with Crippen molar-refractivity contribution in [2.45, 2.75) is 37.3 Å². The number of fused-ring (bicyclic) bond motifs is 1. The van der Waals surface area contributed by atoms with Crippen molar-refractivity contribution in [3.8, 4) is 11.3 Å². The van der Waals surface area contributed by atoms with Crippen molar-refractivity contribution in [1.29, 1.82) is 0 Å². The number of piperidine rings is 1. The first-order chi connectivity index (χ1) is 18.0. The van der Waals surface area contributed by atoms with E-state index in [1.165, 1.54) is 24.9 Å². The molecule has 8 nitrogen and oxygen atoms in total. The molecule has 2 atom stereocenters. The molecule has 4 heterocycles. The fraction of sp³-hybridized carbons (Fsp3) is 0.333. The van der Waals surface area contributed by atoms with E-state index in [-0.39, 0.29) is 36.5 Å². The number of aromatic nitrogens is 5. The molecule has 0 amide bonds. The molecular formula is C24H22F6N8. The summed E-state index contributed by atoms with van der Waals surface area (Å²) in [6, 6.07) is 4.91. The van der Waals surface area contributed by atoms with E-state index in [1.54, 1.807) is 15.5 Å². The number of halogens is 6. The lowest BCUT2D eigenvalue weighted by molar-refractivity contribution is -0.199. The molecule has 38 heavy (non-hydrogen) atoms. The Morgan fingerprint density at radius 3 is 2.58 bits per heavy atom. The SMILES string of the molecule is Nc1ncnc2c1ncn2Cc1cc(-c2ccc(F)c(F)c2)ncc1N1CCCC(N)(C(F)C(F)(F)F)C1. The highest BCUT2D eigenvalue weighted by atomic mass is 19.4. The third-order valence-electron chi connectivity index (χ3n) is 6.64. The minimum atomic E-state index is -5.11. The van der Waals surface area contributed by atoms with E-state index in [0.717, 1.165) is 12.1 Å². The highest BCUT2D eigenvalue weighted by molar-refractivity contribution is 5.81. The van der Waals surface area contributed by atoms with Gasteiger partial charge >= 0.3 is 6.18 Å². The van der Waals surface area contributed by atoms with E-state index in [0.29, 0.717) is 29.0 Å². The van der Waals surface area contributed by atoms with Crippen molar-refractivity contribution >= 4 is 22.7 Å². The van der Waals surface area contributed by atoms with Crippen LogP contribution in [-0.4, -0.2) is 55.5 Å². The summed E-state index contributed by atoms with van der Waals surface area (Å²) in [5.74, 6) is -1.92. The van der Waals surface area contributed by atoms with Crippen molar-refractivity contribution in [2.75, 3.05) is 23.7 Å². The highest BCUT2D eigenvalue weighted by Crippen LogP contribution is 2.37. The lowest BCUT2D eigenvalue weighted by Gasteiger charge is -2.43. The average molecular weight is 536 g/mol. The van der Waals surface area contributed by atoms with E-state index < -0.39 is 36.1 Å². The predicted molar refractivity (Wildman–Crippen MR) is 128 cm³/mol. The van der Waals surface area contributed by atoms with E-state index in [9.17, 15) is 26.3 Å². The summed E-state index contributed by atoms with van der Waals surface area (Å²) in [7, 11) is 0. The van der Waals surface area contributed by atoms with Crippen molar-refractivity contribution < 1.29 is 26.3 Å². The van der Waals surface area contributed by atoms with Gasteiger partial charge in [0, 0.05) is 18.7 Å². The Morgan fingerprint density at radius 1 is 1.05 bits per heavy atom. The first-order valence-electron chi connectivity index (χ1n) is 11.6. The van der Waals surface area contributed by atoms with Gasteiger partial charge in [0.05, 0.1) is 36.0 Å². The Bertz CT molecular complexity index is 1490. The number of alkyl halides is 4. The molecular weight excluding hydrogens is 514 g/mol. The minimum Gasteiger partial charge on any atom is -0.382 e. The van der Waals surface area contributed by atoms with Gasteiger partial charge in [0.2, 0.25) is 6.17 Å². The van der Waals surface area contributed by atoms with Gasteiger partial charge in [0.25, 0.3) is 0 Å². The second-order valence-electron chi connectivity index (χ2n) is 9.29. The number of hydrogen-bond acceptors (Lipinski definition) is 7. The molecule has 200 valence electrons. The van der Waals surface area contributed by atoms with E-state index in [4.69, 9.17) is 11.5 Å². The van der Waals surface area contributed by atoms with Crippen LogP contribution in [-0.2, 0) is 6.54 Å². The molecule has 4 N–H and O–H groups in total. The summed E-state index contributed by atoms with van der Waals surface area (Å²) < 4.78 is 83.3. The van der Waals surface area contributed by atoms with Crippen LogP contribution in [0.5, 0.6) is 0 Å². The van der Waals surface area contributed by atoms with Crippen molar-refractivity contribution in [1.82, 2.24) is 24.5 Å². The zero-order chi connectivity index (χ0) is 27.2. The maximum absolute atomic E-state index is 14.4. The van der Waals surface area contributed by atoms with Gasteiger partial charge in [-0.15, -0.1) is 0 Å². The highest BCUT2D eigenvalue weighted by Gasteiger charge is 2.54. The molecule has 1 aliphatic rings. The van der Waals surface area contributed by atoms with E-state index >= 15 is 0 Å². The second-order valence-corrected chi connectivity index (χ2v) is 9.29. The normalized spacial score (nSPS) is 19.2. The van der Waals surface area contributed by atoms with Crippen molar-refractivity contribution in [3.05, 3.63) is 60.3 Å². The fourth-order valence-corrected chi connectivity index (χ4v) is 4.76. The number of anilines is 2. The average Bonchev–Trinajstić information content (AvgIpc) is 3.28. The van der Waals surface area contributed by atoms with Crippen LogP contribution in [0, 0.1) is 11.6 Å². The molecule has 4 aromatic rings. The lowest BCUT2D eigenvalue weighted by Crippen LogP contribution is -2.63. The largest absolute Gasteiger partial charge is 0.421 e. The number of nitrogens with two attached hydrogens (primary N) is 2. The van der Waals surface area contributed by atoms with Crippen LogP contribution in [0.1, 0.15) is 18.4 Å². The molecule has 1 aliphatic heterocycles. The Morgan fingerprint density at radius 2 is 1.84 bits per heavy atom. The van der Waals surface area contributed by atoms with Gasteiger partial charge in [0.1, 0.15) is 11.8 Å².